The molecular formula is C16H22F3N3O2. The number of aliphatic hydroxyl groups is 1. The van der Waals surface area contributed by atoms with Crippen LogP contribution in [0.1, 0.15) is 25.8 Å². The van der Waals surface area contributed by atoms with Crippen LogP contribution in [0.15, 0.2) is 35.7 Å². The van der Waals surface area contributed by atoms with Gasteiger partial charge in [-0.1, -0.05) is 13.0 Å². The minimum absolute atomic E-state index is 0.216. The van der Waals surface area contributed by atoms with Gasteiger partial charge in [-0.05, 0) is 31.5 Å². The van der Waals surface area contributed by atoms with Gasteiger partial charge in [0, 0.05) is 25.0 Å². The van der Waals surface area contributed by atoms with Crippen molar-refractivity contribution in [3.8, 4) is 0 Å². The van der Waals surface area contributed by atoms with Crippen LogP contribution < -0.4 is 10.6 Å². The van der Waals surface area contributed by atoms with Gasteiger partial charge in [0.15, 0.2) is 12.6 Å². The standard InChI is InChI=1S/C16H22F3N3O2/c1-4-8-21-14(24-3)13(20)10(2)22(15(21)23)12-7-5-6-11(9-12)16(17,18)19/h5-7,9,14-15,23H,4,8,20H2,1-3H3. The first-order valence-electron chi connectivity index (χ1n) is 7.61. The van der Waals surface area contributed by atoms with Gasteiger partial charge in [-0.3, -0.25) is 0 Å². The minimum atomic E-state index is -4.46. The number of benzene rings is 1. The summed E-state index contributed by atoms with van der Waals surface area (Å²) < 4.78 is 44.3. The van der Waals surface area contributed by atoms with E-state index in [2.05, 4.69) is 0 Å². The molecule has 0 saturated carbocycles. The van der Waals surface area contributed by atoms with E-state index in [1.807, 2.05) is 6.92 Å². The van der Waals surface area contributed by atoms with Crippen molar-refractivity contribution < 1.29 is 23.0 Å². The fourth-order valence-electron chi connectivity index (χ4n) is 2.85. The zero-order valence-corrected chi connectivity index (χ0v) is 13.8. The van der Waals surface area contributed by atoms with E-state index in [1.165, 1.54) is 24.1 Å². The van der Waals surface area contributed by atoms with Crippen LogP contribution in [0.2, 0.25) is 0 Å². The summed E-state index contributed by atoms with van der Waals surface area (Å²) in [6, 6.07) is 4.80. The highest BCUT2D eigenvalue weighted by molar-refractivity contribution is 5.56. The molecule has 2 rings (SSSR count). The number of anilines is 1. The van der Waals surface area contributed by atoms with Crippen LogP contribution in [0, 0.1) is 0 Å². The highest BCUT2D eigenvalue weighted by Crippen LogP contribution is 2.35. The Balaban J connectivity index is 2.50. The molecule has 0 spiro atoms. The summed E-state index contributed by atoms with van der Waals surface area (Å²) in [6.45, 7) is 4.05. The molecule has 3 N–H and O–H groups in total. The third kappa shape index (κ3) is 3.35. The van der Waals surface area contributed by atoms with E-state index < -0.39 is 24.3 Å². The van der Waals surface area contributed by atoms with Gasteiger partial charge >= 0.3 is 6.18 Å². The average Bonchev–Trinajstić information content (AvgIpc) is 2.53. The maximum Gasteiger partial charge on any atom is 0.416 e. The molecule has 24 heavy (non-hydrogen) atoms. The normalized spacial score (nSPS) is 23.0. The van der Waals surface area contributed by atoms with Crippen LogP contribution in [0.5, 0.6) is 0 Å². The minimum Gasteiger partial charge on any atom is -0.397 e. The lowest BCUT2D eigenvalue weighted by atomic mass is 10.1. The Labute approximate surface area is 139 Å². The van der Waals surface area contributed by atoms with Gasteiger partial charge in [0.2, 0.25) is 0 Å². The smallest absolute Gasteiger partial charge is 0.397 e. The van der Waals surface area contributed by atoms with Gasteiger partial charge in [-0.2, -0.15) is 13.2 Å². The van der Waals surface area contributed by atoms with Gasteiger partial charge in [0.05, 0.1) is 11.3 Å². The first kappa shape index (κ1) is 18.6. The summed E-state index contributed by atoms with van der Waals surface area (Å²) in [4.78, 5) is 2.98. The molecule has 0 fully saturated rings. The van der Waals surface area contributed by atoms with E-state index in [9.17, 15) is 18.3 Å². The van der Waals surface area contributed by atoms with Crippen molar-refractivity contribution in [1.82, 2.24) is 4.90 Å². The van der Waals surface area contributed by atoms with E-state index in [1.54, 1.807) is 11.8 Å². The fourth-order valence-corrected chi connectivity index (χ4v) is 2.85. The molecule has 1 aliphatic rings. The molecule has 1 aliphatic heterocycles. The first-order chi connectivity index (χ1) is 11.2. The molecule has 1 aromatic carbocycles. The number of hydrogen-bond acceptors (Lipinski definition) is 5. The highest BCUT2D eigenvalue weighted by atomic mass is 19.4. The third-order valence-corrected chi connectivity index (χ3v) is 4.03. The second kappa shape index (κ2) is 7.00. The van der Waals surface area contributed by atoms with Crippen LogP contribution >= 0.6 is 0 Å². The molecular weight excluding hydrogens is 323 g/mol. The van der Waals surface area contributed by atoms with Crippen molar-refractivity contribution in [2.75, 3.05) is 18.6 Å². The van der Waals surface area contributed by atoms with Gasteiger partial charge in [0.25, 0.3) is 0 Å². The van der Waals surface area contributed by atoms with Crippen molar-refractivity contribution in [3.63, 3.8) is 0 Å². The lowest BCUT2D eigenvalue weighted by molar-refractivity contribution is -0.137. The lowest BCUT2D eigenvalue weighted by Crippen LogP contribution is -2.59. The Morgan fingerprint density at radius 2 is 2.00 bits per heavy atom. The van der Waals surface area contributed by atoms with Crippen molar-refractivity contribution >= 4 is 5.69 Å². The number of ether oxygens (including phenoxy) is 1. The zero-order chi connectivity index (χ0) is 18.1. The highest BCUT2D eigenvalue weighted by Gasteiger charge is 2.39. The molecule has 2 atom stereocenters. The summed E-state index contributed by atoms with van der Waals surface area (Å²) >= 11 is 0. The number of aliphatic hydroxyl groups excluding tert-OH is 1. The number of rotatable bonds is 4. The summed E-state index contributed by atoms with van der Waals surface area (Å²) in [5.74, 6) is 0. The van der Waals surface area contributed by atoms with E-state index in [-0.39, 0.29) is 5.69 Å². The SMILES string of the molecule is CCCN1C(OC)C(N)=C(C)N(c2cccc(C(F)(F)F)c2)C1O. The first-order valence-corrected chi connectivity index (χ1v) is 7.61. The summed E-state index contributed by atoms with van der Waals surface area (Å²) in [5, 5.41) is 10.7. The summed E-state index contributed by atoms with van der Waals surface area (Å²) in [6.07, 6.45) is -5.54. The van der Waals surface area contributed by atoms with Crippen LogP contribution in [0.25, 0.3) is 0 Å². The van der Waals surface area contributed by atoms with Gasteiger partial charge in [0.1, 0.15) is 0 Å². The molecule has 5 nitrogen and oxygen atoms in total. The van der Waals surface area contributed by atoms with Crippen molar-refractivity contribution in [2.45, 2.75) is 39.0 Å². The Hall–Kier alpha value is -1.77. The van der Waals surface area contributed by atoms with Crippen LogP contribution in [-0.2, 0) is 10.9 Å². The van der Waals surface area contributed by atoms with Gasteiger partial charge in [-0.25, -0.2) is 4.90 Å². The Kier molecular flexibility index (Phi) is 5.42. The molecule has 1 aromatic rings. The molecule has 0 aliphatic carbocycles. The summed E-state index contributed by atoms with van der Waals surface area (Å²) in [7, 11) is 1.47. The predicted molar refractivity (Wildman–Crippen MR) is 84.6 cm³/mol. The molecule has 0 saturated heterocycles. The summed E-state index contributed by atoms with van der Waals surface area (Å²) in [5.41, 5.74) is 6.35. The largest absolute Gasteiger partial charge is 0.416 e. The number of halogens is 3. The second-order valence-electron chi connectivity index (χ2n) is 5.63. The zero-order valence-electron chi connectivity index (χ0n) is 13.8. The Morgan fingerprint density at radius 3 is 2.54 bits per heavy atom. The molecule has 1 heterocycles. The van der Waals surface area contributed by atoms with Gasteiger partial charge < -0.3 is 20.5 Å². The Bertz CT molecular complexity index is 619. The lowest BCUT2D eigenvalue weighted by Gasteiger charge is -2.46. The maximum atomic E-state index is 13.0. The van der Waals surface area contributed by atoms with Crippen LogP contribution in [0.4, 0.5) is 18.9 Å². The topological polar surface area (TPSA) is 62.0 Å². The second-order valence-corrected chi connectivity index (χ2v) is 5.63. The number of alkyl halides is 3. The number of nitrogens with zero attached hydrogens (tertiary/aromatic N) is 2. The van der Waals surface area contributed by atoms with E-state index in [4.69, 9.17) is 10.5 Å². The monoisotopic (exact) mass is 345 g/mol. The molecule has 8 heteroatoms. The van der Waals surface area contributed by atoms with E-state index in [0.29, 0.717) is 17.9 Å². The van der Waals surface area contributed by atoms with E-state index >= 15 is 0 Å². The van der Waals surface area contributed by atoms with E-state index in [0.717, 1.165) is 18.6 Å². The average molecular weight is 345 g/mol. The Morgan fingerprint density at radius 1 is 1.33 bits per heavy atom. The molecule has 0 aromatic heterocycles. The molecule has 0 radical (unpaired) electrons. The van der Waals surface area contributed by atoms with Crippen molar-refractivity contribution in [3.05, 3.63) is 41.2 Å². The maximum absolute atomic E-state index is 13.0. The van der Waals surface area contributed by atoms with Crippen molar-refractivity contribution in [1.29, 1.82) is 0 Å². The van der Waals surface area contributed by atoms with Crippen LogP contribution in [-0.4, -0.2) is 36.2 Å². The molecule has 134 valence electrons. The molecule has 0 amide bonds. The van der Waals surface area contributed by atoms with Crippen LogP contribution in [0.3, 0.4) is 0 Å². The number of nitrogens with two attached hydrogens (primary N) is 1. The predicted octanol–water partition coefficient (Wildman–Crippen LogP) is 2.68. The third-order valence-electron chi connectivity index (χ3n) is 4.03. The molecule has 2 unspecified atom stereocenters. The van der Waals surface area contributed by atoms with Gasteiger partial charge in [-0.15, -0.1) is 0 Å². The fraction of sp³-hybridized carbons (Fsp3) is 0.500. The number of allylic oxidation sites excluding steroid dienone is 1. The quantitative estimate of drug-likeness (QED) is 0.879. The molecule has 0 bridgehead atoms. The number of methoxy groups -OCH3 is 1. The van der Waals surface area contributed by atoms with Crippen molar-refractivity contribution in [2.24, 2.45) is 5.73 Å². The number of hydrogen-bond donors (Lipinski definition) is 2.